The standard InChI is InChI=1S/C30H27Cl2F3N2O/c31-23-7-3-21(4-8-23)28-29(22-5-9-24(32)10-6-22)37(27-13-15-30(34,35)16-14-27)17-26(36-28)19-38-18-20-1-11-25(33)12-2-20/h1-12,27H,13-19H2. The van der Waals surface area contributed by atoms with Gasteiger partial charge >= 0.3 is 0 Å². The van der Waals surface area contributed by atoms with Gasteiger partial charge in [0.15, 0.2) is 0 Å². The summed E-state index contributed by atoms with van der Waals surface area (Å²) in [5.74, 6) is -2.93. The lowest BCUT2D eigenvalue weighted by molar-refractivity contribution is -0.0476. The minimum Gasteiger partial charge on any atom is -0.371 e. The smallest absolute Gasteiger partial charge is 0.248 e. The average Bonchev–Trinajstić information content (AvgIpc) is 2.90. The third-order valence-electron chi connectivity index (χ3n) is 6.95. The van der Waals surface area contributed by atoms with Gasteiger partial charge in [-0.05, 0) is 54.8 Å². The molecule has 3 aromatic carbocycles. The number of nitrogens with zero attached hydrogens (tertiary/aromatic N) is 2. The van der Waals surface area contributed by atoms with Crippen molar-refractivity contribution in [2.45, 2.75) is 44.3 Å². The second-order valence-electron chi connectivity index (χ2n) is 9.72. The molecule has 0 amide bonds. The highest BCUT2D eigenvalue weighted by Gasteiger charge is 2.39. The normalized spacial score (nSPS) is 18.0. The third-order valence-corrected chi connectivity index (χ3v) is 7.45. The van der Waals surface area contributed by atoms with Crippen molar-refractivity contribution < 1.29 is 17.9 Å². The van der Waals surface area contributed by atoms with E-state index in [4.69, 9.17) is 32.9 Å². The number of hydrogen-bond donors (Lipinski definition) is 0. The van der Waals surface area contributed by atoms with Gasteiger partial charge in [-0.1, -0.05) is 59.6 Å². The highest BCUT2D eigenvalue weighted by molar-refractivity contribution is 6.31. The van der Waals surface area contributed by atoms with E-state index in [9.17, 15) is 13.2 Å². The highest BCUT2D eigenvalue weighted by atomic mass is 35.5. The molecule has 0 bridgehead atoms. The molecule has 198 valence electrons. The van der Waals surface area contributed by atoms with Crippen LogP contribution in [0.1, 0.15) is 42.4 Å². The molecule has 0 aromatic heterocycles. The molecular formula is C30H27Cl2F3N2O. The van der Waals surface area contributed by atoms with E-state index >= 15 is 0 Å². The predicted molar refractivity (Wildman–Crippen MR) is 147 cm³/mol. The molecule has 0 N–H and O–H groups in total. The molecule has 2 aliphatic rings. The first-order chi connectivity index (χ1) is 18.3. The van der Waals surface area contributed by atoms with Crippen molar-refractivity contribution in [3.05, 3.63) is 105 Å². The molecule has 3 aromatic rings. The Kier molecular flexibility index (Phi) is 8.12. The largest absolute Gasteiger partial charge is 0.371 e. The molecule has 0 saturated heterocycles. The molecule has 1 aliphatic heterocycles. The molecule has 0 unspecified atom stereocenters. The summed E-state index contributed by atoms with van der Waals surface area (Å²) < 4.78 is 47.4. The molecule has 0 atom stereocenters. The number of halogens is 5. The van der Waals surface area contributed by atoms with Crippen LogP contribution in [-0.4, -0.2) is 35.7 Å². The van der Waals surface area contributed by atoms with E-state index in [1.807, 2.05) is 48.5 Å². The van der Waals surface area contributed by atoms with E-state index in [0.717, 1.165) is 33.8 Å². The second kappa shape index (κ2) is 11.5. The average molecular weight is 559 g/mol. The highest BCUT2D eigenvalue weighted by Crippen LogP contribution is 2.41. The van der Waals surface area contributed by atoms with Gasteiger partial charge in [0.2, 0.25) is 5.92 Å². The Bertz CT molecular complexity index is 1310. The second-order valence-corrected chi connectivity index (χ2v) is 10.6. The Morgan fingerprint density at radius 3 is 2.00 bits per heavy atom. The Hall–Kier alpha value is -2.80. The summed E-state index contributed by atoms with van der Waals surface area (Å²) in [5, 5.41) is 1.22. The lowest BCUT2D eigenvalue weighted by atomic mass is 9.89. The van der Waals surface area contributed by atoms with Crippen molar-refractivity contribution in [1.82, 2.24) is 4.90 Å². The summed E-state index contributed by atoms with van der Waals surface area (Å²) in [6, 6.07) is 21.0. The Labute approximate surface area is 230 Å². The maximum atomic E-state index is 14.1. The first-order valence-corrected chi connectivity index (χ1v) is 13.3. The summed E-state index contributed by atoms with van der Waals surface area (Å²) in [5.41, 5.74) is 5.01. The van der Waals surface area contributed by atoms with Gasteiger partial charge in [0.1, 0.15) is 5.82 Å². The molecule has 5 rings (SSSR count). The van der Waals surface area contributed by atoms with Crippen LogP contribution in [0.4, 0.5) is 13.2 Å². The molecular weight excluding hydrogens is 532 g/mol. The molecule has 1 heterocycles. The van der Waals surface area contributed by atoms with Crippen LogP contribution in [0.25, 0.3) is 11.4 Å². The van der Waals surface area contributed by atoms with Gasteiger partial charge in [-0.25, -0.2) is 13.2 Å². The zero-order valence-electron chi connectivity index (χ0n) is 20.6. The van der Waals surface area contributed by atoms with Crippen LogP contribution in [0.3, 0.4) is 0 Å². The van der Waals surface area contributed by atoms with Crippen LogP contribution in [-0.2, 0) is 11.3 Å². The van der Waals surface area contributed by atoms with Crippen molar-refractivity contribution in [3.8, 4) is 0 Å². The van der Waals surface area contributed by atoms with Crippen LogP contribution >= 0.6 is 23.2 Å². The number of aliphatic imine (C=N–C) groups is 1. The van der Waals surface area contributed by atoms with Gasteiger partial charge in [0.05, 0.1) is 36.9 Å². The van der Waals surface area contributed by atoms with Gasteiger partial charge in [-0.15, -0.1) is 0 Å². The molecule has 0 radical (unpaired) electrons. The number of alkyl halides is 2. The minimum atomic E-state index is -2.63. The molecule has 1 saturated carbocycles. The van der Waals surface area contributed by atoms with E-state index in [-0.39, 0.29) is 31.3 Å². The van der Waals surface area contributed by atoms with Crippen LogP contribution in [0.5, 0.6) is 0 Å². The zero-order chi connectivity index (χ0) is 26.7. The molecule has 8 heteroatoms. The molecule has 0 spiro atoms. The van der Waals surface area contributed by atoms with Gasteiger partial charge in [0.25, 0.3) is 0 Å². The van der Waals surface area contributed by atoms with Crippen molar-refractivity contribution in [1.29, 1.82) is 0 Å². The van der Waals surface area contributed by atoms with Crippen molar-refractivity contribution in [2.24, 2.45) is 4.99 Å². The maximum Gasteiger partial charge on any atom is 0.248 e. The van der Waals surface area contributed by atoms with Gasteiger partial charge in [0, 0.05) is 40.1 Å². The third kappa shape index (κ3) is 6.42. The summed E-state index contributed by atoms with van der Waals surface area (Å²) in [7, 11) is 0. The summed E-state index contributed by atoms with van der Waals surface area (Å²) in [6.07, 6.45) is 0.460. The van der Waals surface area contributed by atoms with Gasteiger partial charge < -0.3 is 9.64 Å². The Morgan fingerprint density at radius 2 is 1.39 bits per heavy atom. The molecule has 1 fully saturated rings. The Morgan fingerprint density at radius 1 is 0.816 bits per heavy atom. The number of rotatable bonds is 7. The van der Waals surface area contributed by atoms with Gasteiger partial charge in [-0.2, -0.15) is 0 Å². The maximum absolute atomic E-state index is 14.1. The van der Waals surface area contributed by atoms with Crippen LogP contribution in [0, 0.1) is 5.82 Å². The lowest BCUT2D eigenvalue weighted by Gasteiger charge is -2.42. The van der Waals surface area contributed by atoms with Gasteiger partial charge in [-0.3, -0.25) is 4.99 Å². The van der Waals surface area contributed by atoms with E-state index in [1.54, 1.807) is 12.1 Å². The van der Waals surface area contributed by atoms with Crippen LogP contribution in [0.15, 0.2) is 77.8 Å². The zero-order valence-corrected chi connectivity index (χ0v) is 22.2. The Balaban J connectivity index is 1.52. The van der Waals surface area contributed by atoms with E-state index < -0.39 is 5.92 Å². The van der Waals surface area contributed by atoms with E-state index in [0.29, 0.717) is 36.0 Å². The number of benzene rings is 3. The summed E-state index contributed by atoms with van der Waals surface area (Å²) in [6.45, 7) is 1.01. The first kappa shape index (κ1) is 26.8. The predicted octanol–water partition coefficient (Wildman–Crippen LogP) is 8.51. The van der Waals surface area contributed by atoms with Crippen molar-refractivity contribution in [2.75, 3.05) is 13.2 Å². The number of hydrogen-bond acceptors (Lipinski definition) is 3. The molecule has 1 aliphatic carbocycles. The van der Waals surface area contributed by atoms with Crippen LogP contribution < -0.4 is 0 Å². The van der Waals surface area contributed by atoms with E-state index in [1.165, 1.54) is 12.1 Å². The van der Waals surface area contributed by atoms with Crippen molar-refractivity contribution in [3.63, 3.8) is 0 Å². The first-order valence-electron chi connectivity index (χ1n) is 12.6. The monoisotopic (exact) mass is 558 g/mol. The van der Waals surface area contributed by atoms with E-state index in [2.05, 4.69) is 4.90 Å². The summed E-state index contributed by atoms with van der Waals surface area (Å²) >= 11 is 12.4. The molecule has 3 nitrogen and oxygen atoms in total. The fourth-order valence-corrected chi connectivity index (χ4v) is 5.22. The fraction of sp³-hybridized carbons (Fsp3) is 0.300. The quantitative estimate of drug-likeness (QED) is 0.290. The topological polar surface area (TPSA) is 24.8 Å². The van der Waals surface area contributed by atoms with Crippen molar-refractivity contribution >= 4 is 40.3 Å². The fourth-order valence-electron chi connectivity index (χ4n) is 4.97. The lowest BCUT2D eigenvalue weighted by Crippen LogP contribution is -2.44. The molecule has 38 heavy (non-hydrogen) atoms. The minimum absolute atomic E-state index is 0.0785. The summed E-state index contributed by atoms with van der Waals surface area (Å²) in [4.78, 5) is 7.23. The van der Waals surface area contributed by atoms with Crippen LogP contribution in [0.2, 0.25) is 10.0 Å². The SMILES string of the molecule is Fc1ccc(COCC2=NC(c3ccc(Cl)cc3)=C(c3ccc(Cl)cc3)N(C3CCC(F)(F)CC3)C2)cc1. The number of ether oxygens (including phenoxy) is 1.